The van der Waals surface area contributed by atoms with Crippen molar-refractivity contribution in [2.24, 2.45) is 10.2 Å². The quantitative estimate of drug-likeness (QED) is 0.600. The van der Waals surface area contributed by atoms with Gasteiger partial charge >= 0.3 is 5.91 Å². The molecule has 0 aromatic heterocycles. The van der Waals surface area contributed by atoms with Crippen LogP contribution in [0.5, 0.6) is 0 Å². The molecule has 0 aliphatic heterocycles. The van der Waals surface area contributed by atoms with E-state index in [1.807, 2.05) is 19.1 Å². The maximum Gasteiger partial charge on any atom is 0.360 e. The second-order valence-corrected chi connectivity index (χ2v) is 4.37. The molecule has 0 atom stereocenters. The van der Waals surface area contributed by atoms with E-state index in [0.29, 0.717) is 16.3 Å². The van der Waals surface area contributed by atoms with E-state index in [-0.39, 0.29) is 0 Å². The number of carbonyl (C=O) groups excluding carboxylic acids is 1. The molecule has 0 heterocycles. The fourth-order valence-corrected chi connectivity index (χ4v) is 1.50. The smallest absolute Gasteiger partial charge is 0.259 e. The van der Waals surface area contributed by atoms with E-state index in [2.05, 4.69) is 15.1 Å². The Balaban J connectivity index is 2.11. The molecule has 0 saturated heterocycles. The number of carbonyl (C=O) groups is 1. The average molecular weight is 273 g/mol. The number of rotatable bonds is 2. The first-order chi connectivity index (χ1) is 9.15. The first-order valence-corrected chi connectivity index (χ1v) is 6.01. The minimum absolute atomic E-state index is 0.423. The molecule has 0 saturated carbocycles. The molecule has 0 bridgehead atoms. The van der Waals surface area contributed by atoms with Crippen LogP contribution in [0, 0.1) is 6.92 Å². The van der Waals surface area contributed by atoms with E-state index in [9.17, 15) is 4.79 Å². The summed E-state index contributed by atoms with van der Waals surface area (Å²) in [6, 6.07) is 13.9. The van der Waals surface area contributed by atoms with Crippen LogP contribution in [0.1, 0.15) is 15.9 Å². The van der Waals surface area contributed by atoms with E-state index >= 15 is 0 Å². The molecule has 0 fully saturated rings. The maximum atomic E-state index is 11.6. The van der Waals surface area contributed by atoms with Crippen LogP contribution in [-0.4, -0.2) is 5.91 Å². The summed E-state index contributed by atoms with van der Waals surface area (Å²) < 4.78 is 0. The molecule has 4 nitrogen and oxygen atoms in total. The maximum absolute atomic E-state index is 11.6. The molecule has 0 unspecified atom stereocenters. The summed E-state index contributed by atoms with van der Waals surface area (Å²) >= 11 is 5.73. The van der Waals surface area contributed by atoms with Gasteiger partial charge in [0.05, 0.1) is 0 Å². The van der Waals surface area contributed by atoms with Crippen LogP contribution in [0.15, 0.2) is 58.8 Å². The minimum atomic E-state index is -0.451. The van der Waals surface area contributed by atoms with Crippen LogP contribution >= 0.6 is 11.6 Å². The van der Waals surface area contributed by atoms with Gasteiger partial charge in [0.2, 0.25) is 10.0 Å². The summed E-state index contributed by atoms with van der Waals surface area (Å²) in [6.07, 6.45) is 0. The van der Waals surface area contributed by atoms with Crippen molar-refractivity contribution < 1.29 is 4.79 Å². The Morgan fingerprint density at radius 2 is 1.68 bits per heavy atom. The highest BCUT2D eigenvalue weighted by Crippen LogP contribution is 2.11. The molecule has 2 rings (SSSR count). The number of hydrogen-bond acceptors (Lipinski definition) is 2. The van der Waals surface area contributed by atoms with Crippen molar-refractivity contribution in [3.63, 3.8) is 0 Å². The number of halogens is 1. The summed E-state index contributed by atoms with van der Waals surface area (Å²) in [5, 5.41) is 7.93. The summed E-state index contributed by atoms with van der Waals surface area (Å²) in [5.41, 5.74) is 2.21. The zero-order valence-electron chi connectivity index (χ0n) is 10.2. The van der Waals surface area contributed by atoms with Crippen molar-refractivity contribution in [1.29, 1.82) is 0 Å². The summed E-state index contributed by atoms with van der Waals surface area (Å²) in [7, 11) is 0. The second-order valence-electron chi connectivity index (χ2n) is 3.94. The predicted molar refractivity (Wildman–Crippen MR) is 73.6 cm³/mol. The van der Waals surface area contributed by atoms with E-state index in [0.717, 1.165) is 5.56 Å². The standard InChI is InChI=1S/C14H11ClN3O/c1-10-2-8-13(9-3-10)16-18-17-14(19)11-4-6-12(15)7-5-11/h2-9H,1H3/q+1. The van der Waals surface area contributed by atoms with E-state index < -0.39 is 5.91 Å². The third kappa shape index (κ3) is 3.85. The van der Waals surface area contributed by atoms with Gasteiger partial charge in [-0.2, -0.15) is 0 Å². The number of aryl methyl sites for hydroxylation is 1. The van der Waals surface area contributed by atoms with E-state index in [4.69, 9.17) is 11.6 Å². The zero-order chi connectivity index (χ0) is 13.7. The SMILES string of the molecule is Cc1ccc(N=[N+]=NC(=O)c2ccc(Cl)cc2)cc1. The van der Waals surface area contributed by atoms with E-state index in [1.54, 1.807) is 36.4 Å². The molecule has 0 aliphatic rings. The van der Waals surface area contributed by atoms with Gasteiger partial charge in [-0.05, 0) is 43.3 Å². The van der Waals surface area contributed by atoms with Crippen molar-refractivity contribution in [2.75, 3.05) is 0 Å². The molecule has 94 valence electrons. The molecule has 5 heteroatoms. The average Bonchev–Trinajstić information content (AvgIpc) is 2.41. The monoisotopic (exact) mass is 272 g/mol. The largest absolute Gasteiger partial charge is 0.360 e. The second kappa shape index (κ2) is 6.05. The number of nitrogens with zero attached hydrogens (tertiary/aromatic N) is 3. The van der Waals surface area contributed by atoms with Crippen molar-refractivity contribution in [1.82, 2.24) is 4.91 Å². The van der Waals surface area contributed by atoms with Gasteiger partial charge in [-0.15, -0.1) is 0 Å². The fraction of sp³-hybridized carbons (Fsp3) is 0.0714. The molecular weight excluding hydrogens is 262 g/mol. The summed E-state index contributed by atoms with van der Waals surface area (Å²) in [5.74, 6) is -0.451. The Morgan fingerprint density at radius 3 is 2.32 bits per heavy atom. The van der Waals surface area contributed by atoms with Gasteiger partial charge in [-0.3, -0.25) is 4.79 Å². The number of benzene rings is 2. The van der Waals surface area contributed by atoms with Crippen LogP contribution in [0.25, 0.3) is 0 Å². The summed E-state index contributed by atoms with van der Waals surface area (Å²) in [6.45, 7) is 1.98. The van der Waals surface area contributed by atoms with Crippen LogP contribution in [0.3, 0.4) is 0 Å². The summed E-state index contributed by atoms with van der Waals surface area (Å²) in [4.78, 5) is 15.2. The van der Waals surface area contributed by atoms with Crippen LogP contribution in [0.4, 0.5) is 5.69 Å². The molecule has 1 amide bonds. The highest BCUT2D eigenvalue weighted by molar-refractivity contribution is 6.30. The predicted octanol–water partition coefficient (Wildman–Crippen LogP) is 4.09. The Bertz CT molecular complexity index is 641. The normalized spacial score (nSPS) is 9.58. The fourth-order valence-electron chi connectivity index (χ4n) is 1.38. The molecule has 0 N–H and O–H groups in total. The highest BCUT2D eigenvalue weighted by Gasteiger charge is 2.09. The molecule has 2 aromatic carbocycles. The lowest BCUT2D eigenvalue weighted by Gasteiger charge is -1.89. The molecule has 0 radical (unpaired) electrons. The van der Waals surface area contributed by atoms with Gasteiger partial charge in [0.25, 0.3) is 0 Å². The van der Waals surface area contributed by atoms with Gasteiger partial charge in [0, 0.05) is 10.6 Å². The number of hydrogen-bond donors (Lipinski definition) is 0. The van der Waals surface area contributed by atoms with Crippen molar-refractivity contribution in [3.8, 4) is 0 Å². The first kappa shape index (κ1) is 13.1. The van der Waals surface area contributed by atoms with Crippen molar-refractivity contribution in [2.45, 2.75) is 6.92 Å². The third-order valence-electron chi connectivity index (χ3n) is 2.42. The lowest BCUT2D eigenvalue weighted by molar-refractivity contribution is 0.0992. The topological polar surface area (TPSA) is 55.9 Å². The molecule has 19 heavy (non-hydrogen) atoms. The molecule has 2 aromatic rings. The van der Waals surface area contributed by atoms with Gasteiger partial charge in [-0.1, -0.05) is 29.3 Å². The van der Waals surface area contributed by atoms with Crippen molar-refractivity contribution in [3.05, 3.63) is 64.7 Å². The Morgan fingerprint density at radius 1 is 1.05 bits per heavy atom. The van der Waals surface area contributed by atoms with Gasteiger partial charge in [0.1, 0.15) is 0 Å². The van der Waals surface area contributed by atoms with Crippen LogP contribution in [-0.2, 0) is 0 Å². The van der Waals surface area contributed by atoms with Gasteiger partial charge < -0.3 is 0 Å². The Hall–Kier alpha value is -2.29. The molecule has 0 spiro atoms. The zero-order valence-corrected chi connectivity index (χ0v) is 11.0. The van der Waals surface area contributed by atoms with Gasteiger partial charge in [-0.25, -0.2) is 0 Å². The van der Waals surface area contributed by atoms with Crippen molar-refractivity contribution >= 4 is 23.2 Å². The van der Waals surface area contributed by atoms with Gasteiger partial charge in [0.15, 0.2) is 10.8 Å². The Kier molecular flexibility index (Phi) is 4.18. The van der Waals surface area contributed by atoms with Crippen LogP contribution < -0.4 is 4.91 Å². The molecule has 0 aliphatic carbocycles. The molecular formula is C14H11ClN3O+. The third-order valence-corrected chi connectivity index (χ3v) is 2.67. The number of amides is 1. The lowest BCUT2D eigenvalue weighted by Crippen LogP contribution is -1.93. The minimum Gasteiger partial charge on any atom is -0.259 e. The highest BCUT2D eigenvalue weighted by atomic mass is 35.5. The van der Waals surface area contributed by atoms with Crippen LogP contribution in [0.2, 0.25) is 5.02 Å². The first-order valence-electron chi connectivity index (χ1n) is 5.63. The lowest BCUT2D eigenvalue weighted by atomic mass is 10.2. The Labute approximate surface area is 115 Å². The van der Waals surface area contributed by atoms with E-state index in [1.165, 1.54) is 0 Å².